The van der Waals surface area contributed by atoms with E-state index in [0.717, 1.165) is 23.8 Å². The third kappa shape index (κ3) is 6.58. The Labute approximate surface area is 189 Å². The number of amides is 1. The van der Waals surface area contributed by atoms with Gasteiger partial charge in [-0.15, -0.1) is 0 Å². The van der Waals surface area contributed by atoms with E-state index < -0.39 is 24.3 Å². The summed E-state index contributed by atoms with van der Waals surface area (Å²) < 4.78 is 45.0. The molecule has 1 amide bonds. The highest BCUT2D eigenvalue weighted by Crippen LogP contribution is 2.37. The van der Waals surface area contributed by atoms with Crippen LogP contribution in [0, 0.1) is 0 Å². The molecule has 5 nitrogen and oxygen atoms in total. The SMILES string of the molecule is CN(Cc1cccc(-c2cc(C(F)(F)F)ccc2OCC(=O)O)c1)C(=O)Cc1ccccc1. The van der Waals surface area contributed by atoms with Gasteiger partial charge in [-0.3, -0.25) is 4.79 Å². The quantitative estimate of drug-likeness (QED) is 0.515. The van der Waals surface area contributed by atoms with Gasteiger partial charge in [-0.2, -0.15) is 13.2 Å². The van der Waals surface area contributed by atoms with Crippen LogP contribution in [-0.4, -0.2) is 35.5 Å². The number of ether oxygens (including phenoxy) is 1. The number of alkyl halides is 3. The van der Waals surface area contributed by atoms with Crippen LogP contribution in [0.1, 0.15) is 16.7 Å². The highest BCUT2D eigenvalue weighted by molar-refractivity contribution is 5.78. The molecule has 0 fully saturated rings. The molecule has 0 aliphatic heterocycles. The van der Waals surface area contributed by atoms with Crippen LogP contribution < -0.4 is 4.74 Å². The van der Waals surface area contributed by atoms with E-state index in [1.54, 1.807) is 36.2 Å². The van der Waals surface area contributed by atoms with Gasteiger partial charge in [0.05, 0.1) is 12.0 Å². The average molecular weight is 457 g/mol. The van der Waals surface area contributed by atoms with Crippen molar-refractivity contribution in [2.24, 2.45) is 0 Å². The highest BCUT2D eigenvalue weighted by Gasteiger charge is 2.31. The molecule has 0 atom stereocenters. The van der Waals surface area contributed by atoms with E-state index in [1.807, 2.05) is 30.3 Å². The summed E-state index contributed by atoms with van der Waals surface area (Å²) in [7, 11) is 1.66. The van der Waals surface area contributed by atoms with Crippen LogP contribution in [-0.2, 0) is 28.7 Å². The summed E-state index contributed by atoms with van der Waals surface area (Å²) in [6.07, 6.45) is -4.33. The van der Waals surface area contributed by atoms with Crippen LogP contribution in [0.25, 0.3) is 11.1 Å². The molecule has 0 saturated heterocycles. The lowest BCUT2D eigenvalue weighted by atomic mass is 9.99. The Kier molecular flexibility index (Phi) is 7.37. The number of carbonyl (C=O) groups is 2. The van der Waals surface area contributed by atoms with Crippen molar-refractivity contribution < 1.29 is 32.6 Å². The zero-order valence-corrected chi connectivity index (χ0v) is 17.8. The number of carboxylic acid groups (broad SMARTS) is 1. The number of hydrogen-bond acceptors (Lipinski definition) is 3. The Morgan fingerprint density at radius 3 is 2.30 bits per heavy atom. The first kappa shape index (κ1) is 23.8. The van der Waals surface area contributed by atoms with Gasteiger partial charge in [0.15, 0.2) is 6.61 Å². The van der Waals surface area contributed by atoms with Crippen molar-refractivity contribution in [2.45, 2.75) is 19.1 Å². The van der Waals surface area contributed by atoms with Crippen LogP contribution >= 0.6 is 0 Å². The molecular formula is C25H22F3NO4. The summed E-state index contributed by atoms with van der Waals surface area (Å²) in [5, 5.41) is 8.88. The summed E-state index contributed by atoms with van der Waals surface area (Å²) in [6, 6.07) is 18.9. The molecule has 0 unspecified atom stereocenters. The number of carboxylic acids is 1. The van der Waals surface area contributed by atoms with Crippen LogP contribution in [0.3, 0.4) is 0 Å². The van der Waals surface area contributed by atoms with Gasteiger partial charge in [0.1, 0.15) is 5.75 Å². The van der Waals surface area contributed by atoms with E-state index in [0.29, 0.717) is 11.1 Å². The Morgan fingerprint density at radius 2 is 1.64 bits per heavy atom. The second-order valence-corrected chi connectivity index (χ2v) is 7.50. The van der Waals surface area contributed by atoms with E-state index in [4.69, 9.17) is 9.84 Å². The van der Waals surface area contributed by atoms with E-state index in [1.165, 1.54) is 0 Å². The topological polar surface area (TPSA) is 66.8 Å². The van der Waals surface area contributed by atoms with E-state index >= 15 is 0 Å². The molecule has 0 aliphatic carbocycles. The predicted molar refractivity (Wildman–Crippen MR) is 117 cm³/mol. The minimum absolute atomic E-state index is 0.0241. The maximum absolute atomic E-state index is 13.3. The van der Waals surface area contributed by atoms with E-state index in [9.17, 15) is 22.8 Å². The van der Waals surface area contributed by atoms with Crippen molar-refractivity contribution in [3.05, 3.63) is 89.5 Å². The third-order valence-electron chi connectivity index (χ3n) is 4.94. The number of halogens is 3. The standard InChI is InChI=1S/C25H22F3NO4/c1-29(23(30)13-17-6-3-2-4-7-17)15-18-8-5-9-19(12-18)21-14-20(25(26,27)28)10-11-22(21)33-16-24(31)32/h2-12,14H,13,15-16H2,1H3,(H,31,32). The van der Waals surface area contributed by atoms with Gasteiger partial charge >= 0.3 is 12.1 Å². The third-order valence-corrected chi connectivity index (χ3v) is 4.94. The number of benzene rings is 3. The molecule has 8 heteroatoms. The Morgan fingerprint density at radius 1 is 0.939 bits per heavy atom. The molecule has 3 rings (SSSR count). The molecule has 0 heterocycles. The van der Waals surface area contributed by atoms with Crippen molar-refractivity contribution in [1.29, 1.82) is 0 Å². The molecule has 172 valence electrons. The van der Waals surface area contributed by atoms with Crippen LogP contribution in [0.15, 0.2) is 72.8 Å². The largest absolute Gasteiger partial charge is 0.481 e. The Hall–Kier alpha value is -3.81. The normalized spacial score (nSPS) is 11.2. The smallest absolute Gasteiger partial charge is 0.416 e. The van der Waals surface area contributed by atoms with Gasteiger partial charge in [0, 0.05) is 19.2 Å². The maximum atomic E-state index is 13.3. The minimum atomic E-state index is -4.57. The fourth-order valence-corrected chi connectivity index (χ4v) is 3.30. The van der Waals surface area contributed by atoms with Crippen molar-refractivity contribution in [2.75, 3.05) is 13.7 Å². The van der Waals surface area contributed by atoms with Gasteiger partial charge in [0.25, 0.3) is 0 Å². The first-order valence-corrected chi connectivity index (χ1v) is 10.1. The summed E-state index contributed by atoms with van der Waals surface area (Å²) >= 11 is 0. The maximum Gasteiger partial charge on any atom is 0.416 e. The molecular weight excluding hydrogens is 435 g/mol. The number of likely N-dealkylation sites (N-methyl/N-ethyl adjacent to an activating group) is 1. The lowest BCUT2D eigenvalue weighted by Gasteiger charge is -2.19. The van der Waals surface area contributed by atoms with Crippen molar-refractivity contribution in [1.82, 2.24) is 4.90 Å². The number of aliphatic carboxylic acids is 1. The summed E-state index contributed by atoms with van der Waals surface area (Å²) in [6.45, 7) is -0.432. The fraction of sp³-hybridized carbons (Fsp3) is 0.200. The zero-order valence-electron chi connectivity index (χ0n) is 17.8. The first-order valence-electron chi connectivity index (χ1n) is 10.1. The number of nitrogens with zero attached hydrogens (tertiary/aromatic N) is 1. The summed E-state index contributed by atoms with van der Waals surface area (Å²) in [4.78, 5) is 25.0. The highest BCUT2D eigenvalue weighted by atomic mass is 19.4. The number of hydrogen-bond donors (Lipinski definition) is 1. The first-order chi connectivity index (χ1) is 15.6. The molecule has 0 saturated carbocycles. The fourth-order valence-electron chi connectivity index (χ4n) is 3.30. The van der Waals surface area contributed by atoms with E-state index in [2.05, 4.69) is 0 Å². The zero-order chi connectivity index (χ0) is 24.0. The van der Waals surface area contributed by atoms with Gasteiger partial charge in [-0.25, -0.2) is 4.79 Å². The van der Waals surface area contributed by atoms with Crippen molar-refractivity contribution >= 4 is 11.9 Å². The van der Waals surface area contributed by atoms with Gasteiger partial charge in [0.2, 0.25) is 5.91 Å². The summed E-state index contributed by atoms with van der Waals surface area (Å²) in [5.41, 5.74) is 1.25. The minimum Gasteiger partial charge on any atom is -0.481 e. The molecule has 0 aliphatic rings. The molecule has 0 bridgehead atoms. The molecule has 0 radical (unpaired) electrons. The monoisotopic (exact) mass is 457 g/mol. The molecule has 3 aromatic rings. The van der Waals surface area contributed by atoms with Crippen LogP contribution in [0.2, 0.25) is 0 Å². The number of carbonyl (C=O) groups excluding carboxylic acids is 1. The number of rotatable bonds is 8. The Bertz CT molecular complexity index is 1130. The molecule has 0 spiro atoms. The second kappa shape index (κ2) is 10.2. The molecule has 3 aromatic carbocycles. The van der Waals surface area contributed by atoms with Crippen molar-refractivity contribution in [3.63, 3.8) is 0 Å². The van der Waals surface area contributed by atoms with Gasteiger partial charge in [-0.05, 0) is 41.0 Å². The van der Waals surface area contributed by atoms with Gasteiger partial charge in [-0.1, -0.05) is 48.5 Å². The Balaban J connectivity index is 1.85. The van der Waals surface area contributed by atoms with Crippen LogP contribution in [0.4, 0.5) is 13.2 Å². The lowest BCUT2D eigenvalue weighted by Crippen LogP contribution is -2.27. The summed E-state index contributed by atoms with van der Waals surface area (Å²) in [5.74, 6) is -1.32. The second-order valence-electron chi connectivity index (χ2n) is 7.50. The molecule has 1 N–H and O–H groups in total. The predicted octanol–water partition coefficient (Wildman–Crippen LogP) is 5.04. The van der Waals surface area contributed by atoms with Crippen molar-refractivity contribution in [3.8, 4) is 16.9 Å². The molecule has 33 heavy (non-hydrogen) atoms. The lowest BCUT2D eigenvalue weighted by molar-refractivity contribution is -0.140. The van der Waals surface area contributed by atoms with Crippen LogP contribution in [0.5, 0.6) is 5.75 Å². The molecule has 0 aromatic heterocycles. The van der Waals surface area contributed by atoms with E-state index in [-0.39, 0.29) is 30.2 Å². The van der Waals surface area contributed by atoms with Gasteiger partial charge < -0.3 is 14.7 Å². The average Bonchev–Trinajstić information content (AvgIpc) is 2.77.